The van der Waals surface area contributed by atoms with E-state index in [0.29, 0.717) is 5.75 Å². The molecule has 0 radical (unpaired) electrons. The maximum atomic E-state index is 11.5. The molecule has 0 heterocycles. The minimum atomic E-state index is -3.25. The molecule has 0 atom stereocenters. The van der Waals surface area contributed by atoms with Gasteiger partial charge in [-0.3, -0.25) is 0 Å². The van der Waals surface area contributed by atoms with Gasteiger partial charge in [-0.05, 0) is 24.6 Å². The van der Waals surface area contributed by atoms with Gasteiger partial charge in [0.15, 0.2) is 9.84 Å². The summed E-state index contributed by atoms with van der Waals surface area (Å²) < 4.78 is 28.2. The normalized spacial score (nSPS) is 11.1. The standard InChI is InChI=1S/C11H15NO3S2/c1-9-3-2-4-10(7-9)15-5-6-17(13,14)8-11(12)16/h2-4,7H,5-6,8H2,1H3,(H2,12,16). The summed E-state index contributed by atoms with van der Waals surface area (Å²) in [6.07, 6.45) is 0. The van der Waals surface area contributed by atoms with Gasteiger partial charge in [0, 0.05) is 0 Å². The molecule has 0 saturated carbocycles. The lowest BCUT2D eigenvalue weighted by Gasteiger charge is -2.07. The molecule has 0 aliphatic heterocycles. The maximum Gasteiger partial charge on any atom is 0.160 e. The maximum absolute atomic E-state index is 11.5. The second kappa shape index (κ2) is 5.97. The van der Waals surface area contributed by atoms with Crippen LogP contribution >= 0.6 is 12.2 Å². The predicted octanol–water partition coefficient (Wildman–Crippen LogP) is 1.07. The van der Waals surface area contributed by atoms with Gasteiger partial charge in [0.05, 0.1) is 10.7 Å². The van der Waals surface area contributed by atoms with E-state index in [9.17, 15) is 8.42 Å². The molecule has 1 aromatic carbocycles. The van der Waals surface area contributed by atoms with Gasteiger partial charge in [0.2, 0.25) is 0 Å². The van der Waals surface area contributed by atoms with Crippen LogP contribution < -0.4 is 10.5 Å². The van der Waals surface area contributed by atoms with E-state index in [1.165, 1.54) is 0 Å². The van der Waals surface area contributed by atoms with Crippen LogP contribution in [0.3, 0.4) is 0 Å². The summed E-state index contributed by atoms with van der Waals surface area (Å²) in [6, 6.07) is 7.43. The van der Waals surface area contributed by atoms with E-state index in [1.54, 1.807) is 6.07 Å². The molecule has 2 N–H and O–H groups in total. The summed E-state index contributed by atoms with van der Waals surface area (Å²) in [5.41, 5.74) is 6.26. The second-order valence-corrected chi connectivity index (χ2v) is 6.43. The molecule has 0 saturated heterocycles. The van der Waals surface area contributed by atoms with Crippen LogP contribution in [0, 0.1) is 6.92 Å². The number of benzene rings is 1. The van der Waals surface area contributed by atoms with Crippen molar-refractivity contribution < 1.29 is 13.2 Å². The lowest BCUT2D eigenvalue weighted by Crippen LogP contribution is -2.25. The Morgan fingerprint density at radius 2 is 2.18 bits per heavy atom. The van der Waals surface area contributed by atoms with Crippen LogP contribution in [0.4, 0.5) is 0 Å². The average Bonchev–Trinajstić information content (AvgIpc) is 2.15. The molecule has 0 aliphatic carbocycles. The van der Waals surface area contributed by atoms with Crippen molar-refractivity contribution in [3.05, 3.63) is 29.8 Å². The van der Waals surface area contributed by atoms with Crippen molar-refractivity contribution in [2.75, 3.05) is 18.1 Å². The molecule has 6 heteroatoms. The Bertz CT molecular complexity index is 497. The van der Waals surface area contributed by atoms with E-state index in [0.717, 1.165) is 5.56 Å². The third-order valence-corrected chi connectivity index (χ3v) is 3.88. The molecule has 0 unspecified atom stereocenters. The Hall–Kier alpha value is -1.14. The van der Waals surface area contributed by atoms with E-state index in [2.05, 4.69) is 12.2 Å². The number of sulfone groups is 1. The fraction of sp³-hybridized carbons (Fsp3) is 0.364. The Morgan fingerprint density at radius 1 is 1.47 bits per heavy atom. The molecule has 0 spiro atoms. The van der Waals surface area contributed by atoms with Crippen LogP contribution in [0.2, 0.25) is 0 Å². The quantitative estimate of drug-likeness (QED) is 0.785. The minimum Gasteiger partial charge on any atom is -0.493 e. The zero-order valence-electron chi connectivity index (χ0n) is 9.55. The zero-order chi connectivity index (χ0) is 12.9. The summed E-state index contributed by atoms with van der Waals surface area (Å²) >= 11 is 4.56. The van der Waals surface area contributed by atoms with E-state index >= 15 is 0 Å². The van der Waals surface area contributed by atoms with Crippen LogP contribution in [-0.4, -0.2) is 31.5 Å². The van der Waals surface area contributed by atoms with Crippen molar-refractivity contribution in [1.82, 2.24) is 0 Å². The fourth-order valence-corrected chi connectivity index (χ4v) is 2.73. The van der Waals surface area contributed by atoms with E-state index < -0.39 is 9.84 Å². The van der Waals surface area contributed by atoms with Gasteiger partial charge in [-0.15, -0.1) is 0 Å². The van der Waals surface area contributed by atoms with E-state index in [1.807, 2.05) is 25.1 Å². The highest BCUT2D eigenvalue weighted by Crippen LogP contribution is 2.12. The highest BCUT2D eigenvalue weighted by Gasteiger charge is 2.12. The molecular weight excluding hydrogens is 258 g/mol. The fourth-order valence-electron chi connectivity index (χ4n) is 1.28. The molecule has 0 fully saturated rings. The molecule has 4 nitrogen and oxygen atoms in total. The molecule has 0 amide bonds. The van der Waals surface area contributed by atoms with Crippen molar-refractivity contribution in [3.8, 4) is 5.75 Å². The molecule has 0 bridgehead atoms. The summed E-state index contributed by atoms with van der Waals surface area (Å²) in [5, 5.41) is 0. The molecule has 1 rings (SSSR count). The van der Waals surface area contributed by atoms with Gasteiger partial charge in [-0.2, -0.15) is 0 Å². The zero-order valence-corrected chi connectivity index (χ0v) is 11.2. The van der Waals surface area contributed by atoms with Crippen molar-refractivity contribution in [2.24, 2.45) is 5.73 Å². The van der Waals surface area contributed by atoms with Crippen molar-refractivity contribution in [2.45, 2.75) is 6.92 Å². The highest BCUT2D eigenvalue weighted by atomic mass is 32.2. The molecule has 0 aromatic heterocycles. The van der Waals surface area contributed by atoms with Crippen molar-refractivity contribution in [1.29, 1.82) is 0 Å². The summed E-state index contributed by atoms with van der Waals surface area (Å²) in [7, 11) is -3.25. The van der Waals surface area contributed by atoms with Crippen LogP contribution in [0.15, 0.2) is 24.3 Å². The summed E-state index contributed by atoms with van der Waals surface area (Å²) in [4.78, 5) is -0.0134. The number of hydrogen-bond acceptors (Lipinski definition) is 4. The second-order valence-electron chi connectivity index (χ2n) is 3.72. The largest absolute Gasteiger partial charge is 0.493 e. The molecular formula is C11H15NO3S2. The minimum absolute atomic E-state index is 0.0134. The Balaban J connectivity index is 2.45. The van der Waals surface area contributed by atoms with Crippen LogP contribution in [0.5, 0.6) is 5.75 Å². The number of nitrogens with two attached hydrogens (primary N) is 1. The van der Waals surface area contributed by atoms with Crippen LogP contribution in [0.25, 0.3) is 0 Å². The number of ether oxygens (including phenoxy) is 1. The van der Waals surface area contributed by atoms with Gasteiger partial charge >= 0.3 is 0 Å². The van der Waals surface area contributed by atoms with Crippen molar-refractivity contribution in [3.63, 3.8) is 0 Å². The van der Waals surface area contributed by atoms with Gasteiger partial charge in [-0.25, -0.2) is 8.42 Å². The third-order valence-electron chi connectivity index (χ3n) is 2.01. The van der Waals surface area contributed by atoms with Gasteiger partial charge in [0.1, 0.15) is 18.1 Å². The first-order chi connectivity index (χ1) is 7.89. The van der Waals surface area contributed by atoms with Gasteiger partial charge < -0.3 is 10.5 Å². The van der Waals surface area contributed by atoms with E-state index in [4.69, 9.17) is 10.5 Å². The average molecular weight is 273 g/mol. The SMILES string of the molecule is Cc1cccc(OCCS(=O)(=O)CC(N)=S)c1. The lowest BCUT2D eigenvalue weighted by molar-refractivity contribution is 0.341. The number of rotatable bonds is 6. The number of hydrogen-bond donors (Lipinski definition) is 1. The smallest absolute Gasteiger partial charge is 0.160 e. The topological polar surface area (TPSA) is 69.4 Å². The molecule has 94 valence electrons. The predicted molar refractivity (Wildman–Crippen MR) is 72.1 cm³/mol. The molecule has 1 aromatic rings. The first-order valence-electron chi connectivity index (χ1n) is 5.07. The van der Waals surface area contributed by atoms with Gasteiger partial charge in [-0.1, -0.05) is 24.4 Å². The Morgan fingerprint density at radius 3 is 2.76 bits per heavy atom. The number of aryl methyl sites for hydroxylation is 1. The summed E-state index contributed by atoms with van der Waals surface area (Å²) in [6.45, 7) is 2.05. The lowest BCUT2D eigenvalue weighted by atomic mass is 10.2. The third kappa shape index (κ3) is 5.65. The van der Waals surface area contributed by atoms with Gasteiger partial charge in [0.25, 0.3) is 0 Å². The van der Waals surface area contributed by atoms with Crippen LogP contribution in [0.1, 0.15) is 5.56 Å². The Kier molecular flexibility index (Phi) is 4.89. The number of thiocarbonyl (C=S) groups is 1. The van der Waals surface area contributed by atoms with Crippen LogP contribution in [-0.2, 0) is 9.84 Å². The first kappa shape index (κ1) is 13.9. The first-order valence-corrected chi connectivity index (χ1v) is 7.30. The van der Waals surface area contributed by atoms with E-state index in [-0.39, 0.29) is 23.1 Å². The molecule has 17 heavy (non-hydrogen) atoms. The monoisotopic (exact) mass is 273 g/mol. The van der Waals surface area contributed by atoms with Crippen molar-refractivity contribution >= 4 is 27.0 Å². The molecule has 0 aliphatic rings. The highest BCUT2D eigenvalue weighted by molar-refractivity contribution is 7.93. The summed E-state index contributed by atoms with van der Waals surface area (Å²) in [5.74, 6) is 0.313. The Labute approximate surface area is 107 Å².